The molecule has 1 aliphatic carbocycles. The highest BCUT2D eigenvalue weighted by Crippen LogP contribution is 2.42. The van der Waals surface area contributed by atoms with E-state index in [0.29, 0.717) is 12.8 Å². The van der Waals surface area contributed by atoms with Gasteiger partial charge in [0.2, 0.25) is 0 Å². The number of rotatable bonds is 4. The summed E-state index contributed by atoms with van der Waals surface area (Å²) in [6, 6.07) is 0. The topological polar surface area (TPSA) is 87.4 Å². The Balaban J connectivity index is 3.31. The Hall–Kier alpha value is -1.65. The molecule has 0 heterocycles. The number of ether oxygens (including phenoxy) is 1. The standard InChI is InChI=1S/C14H21NO4/c1-5-6-8(15)10-9(16)7-14(2,3)11(12(10)17)13(18)19-4/h11,15,17H,5-7H2,1-4H3/t11-/m1/s1. The summed E-state index contributed by atoms with van der Waals surface area (Å²) in [6.07, 6.45) is 1.23. The van der Waals surface area contributed by atoms with E-state index in [0.717, 1.165) is 0 Å². The van der Waals surface area contributed by atoms with Crippen molar-refractivity contribution in [3.8, 4) is 0 Å². The molecule has 1 aliphatic rings. The molecule has 0 unspecified atom stereocenters. The maximum absolute atomic E-state index is 12.1. The smallest absolute Gasteiger partial charge is 0.316 e. The van der Waals surface area contributed by atoms with Crippen LogP contribution in [0.4, 0.5) is 0 Å². The third-order valence-electron chi connectivity index (χ3n) is 3.44. The summed E-state index contributed by atoms with van der Waals surface area (Å²) < 4.78 is 4.70. The molecule has 0 aromatic rings. The maximum atomic E-state index is 12.1. The number of aliphatic hydroxyl groups is 1. The number of carbonyl (C=O) groups is 2. The van der Waals surface area contributed by atoms with Gasteiger partial charge >= 0.3 is 5.97 Å². The van der Waals surface area contributed by atoms with Gasteiger partial charge in [-0.3, -0.25) is 9.59 Å². The number of nitrogens with one attached hydrogen (secondary N) is 1. The van der Waals surface area contributed by atoms with Crippen LogP contribution >= 0.6 is 0 Å². The highest BCUT2D eigenvalue weighted by molar-refractivity contribution is 6.22. The van der Waals surface area contributed by atoms with Crippen LogP contribution in [0.25, 0.3) is 0 Å². The van der Waals surface area contributed by atoms with E-state index < -0.39 is 17.3 Å². The first kappa shape index (κ1) is 15.4. The largest absolute Gasteiger partial charge is 0.511 e. The lowest BCUT2D eigenvalue weighted by atomic mass is 9.67. The van der Waals surface area contributed by atoms with E-state index >= 15 is 0 Å². The number of ketones is 1. The molecule has 0 fully saturated rings. The van der Waals surface area contributed by atoms with Crippen molar-refractivity contribution in [3.05, 3.63) is 11.3 Å². The van der Waals surface area contributed by atoms with Crippen LogP contribution in [0.3, 0.4) is 0 Å². The van der Waals surface area contributed by atoms with Crippen LogP contribution in [0.5, 0.6) is 0 Å². The first-order valence-electron chi connectivity index (χ1n) is 6.38. The number of aliphatic hydroxyl groups excluding tert-OH is 1. The quantitative estimate of drug-likeness (QED) is 0.604. The Kier molecular flexibility index (Phi) is 4.50. The van der Waals surface area contributed by atoms with Crippen molar-refractivity contribution in [1.82, 2.24) is 0 Å². The highest BCUT2D eigenvalue weighted by Gasteiger charge is 2.47. The van der Waals surface area contributed by atoms with Crippen molar-refractivity contribution in [1.29, 1.82) is 5.41 Å². The maximum Gasteiger partial charge on any atom is 0.316 e. The molecule has 0 aromatic carbocycles. The third kappa shape index (κ3) is 2.85. The number of carbonyl (C=O) groups excluding carboxylic acids is 2. The van der Waals surface area contributed by atoms with Gasteiger partial charge in [-0.25, -0.2) is 0 Å². The van der Waals surface area contributed by atoms with E-state index in [2.05, 4.69) is 0 Å². The van der Waals surface area contributed by atoms with E-state index in [1.54, 1.807) is 13.8 Å². The van der Waals surface area contributed by atoms with Gasteiger partial charge in [-0.15, -0.1) is 0 Å². The van der Waals surface area contributed by atoms with Crippen molar-refractivity contribution in [2.75, 3.05) is 7.11 Å². The minimum atomic E-state index is -0.887. The zero-order valence-electron chi connectivity index (χ0n) is 11.9. The fraction of sp³-hybridized carbons (Fsp3) is 0.643. The summed E-state index contributed by atoms with van der Waals surface area (Å²) in [7, 11) is 1.25. The Morgan fingerprint density at radius 3 is 2.58 bits per heavy atom. The number of esters is 1. The molecule has 0 spiro atoms. The predicted octanol–water partition coefficient (Wildman–Crippen LogP) is 2.41. The molecule has 2 N–H and O–H groups in total. The molecule has 0 saturated carbocycles. The second-order valence-electron chi connectivity index (χ2n) is 5.53. The number of Topliss-reactive ketones (excluding diaryl/α,β-unsaturated/α-hetero) is 1. The van der Waals surface area contributed by atoms with Crippen LogP contribution in [0, 0.1) is 16.7 Å². The lowest BCUT2D eigenvalue weighted by Crippen LogP contribution is -2.41. The molecule has 0 amide bonds. The molecule has 0 bridgehead atoms. The molecule has 1 rings (SSSR count). The molecule has 5 nitrogen and oxygen atoms in total. The lowest BCUT2D eigenvalue weighted by Gasteiger charge is -2.36. The van der Waals surface area contributed by atoms with Crippen molar-refractivity contribution in [3.63, 3.8) is 0 Å². The number of allylic oxidation sites excluding steroid dienone is 1. The molecular weight excluding hydrogens is 246 g/mol. The van der Waals surface area contributed by atoms with E-state index in [1.807, 2.05) is 6.92 Å². The molecule has 106 valence electrons. The Morgan fingerprint density at radius 1 is 1.53 bits per heavy atom. The molecule has 19 heavy (non-hydrogen) atoms. The third-order valence-corrected chi connectivity index (χ3v) is 3.44. The van der Waals surface area contributed by atoms with Gasteiger partial charge in [0.25, 0.3) is 0 Å². The molecule has 0 saturated heterocycles. The summed E-state index contributed by atoms with van der Waals surface area (Å²) in [5, 5.41) is 18.1. The highest BCUT2D eigenvalue weighted by atomic mass is 16.5. The average molecular weight is 267 g/mol. The second kappa shape index (κ2) is 5.55. The van der Waals surface area contributed by atoms with Gasteiger partial charge in [0.05, 0.1) is 12.7 Å². The zero-order valence-corrected chi connectivity index (χ0v) is 11.9. The van der Waals surface area contributed by atoms with Crippen molar-refractivity contribution >= 4 is 17.5 Å². The molecular formula is C14H21NO4. The number of methoxy groups -OCH3 is 1. The minimum Gasteiger partial charge on any atom is -0.511 e. The Bertz CT molecular complexity index is 448. The first-order chi connectivity index (χ1) is 8.76. The fourth-order valence-corrected chi connectivity index (χ4v) is 2.51. The van der Waals surface area contributed by atoms with E-state index in [-0.39, 0.29) is 29.2 Å². The van der Waals surface area contributed by atoms with Crippen LogP contribution in [-0.2, 0) is 14.3 Å². The summed E-state index contributed by atoms with van der Waals surface area (Å²) >= 11 is 0. The minimum absolute atomic E-state index is 0.00317. The second-order valence-corrected chi connectivity index (χ2v) is 5.53. The van der Waals surface area contributed by atoms with Crippen LogP contribution in [0.2, 0.25) is 0 Å². The number of hydrogen-bond acceptors (Lipinski definition) is 5. The summed E-state index contributed by atoms with van der Waals surface area (Å²) in [6.45, 7) is 5.37. The van der Waals surface area contributed by atoms with Crippen molar-refractivity contribution < 1.29 is 19.4 Å². The normalized spacial score (nSPS) is 22.3. The van der Waals surface area contributed by atoms with Crippen molar-refractivity contribution in [2.45, 2.75) is 40.0 Å². The predicted molar refractivity (Wildman–Crippen MR) is 71.2 cm³/mol. The fourth-order valence-electron chi connectivity index (χ4n) is 2.51. The van der Waals surface area contributed by atoms with E-state index in [4.69, 9.17) is 10.1 Å². The van der Waals surface area contributed by atoms with Gasteiger partial charge in [0, 0.05) is 12.1 Å². The van der Waals surface area contributed by atoms with E-state index in [9.17, 15) is 14.7 Å². The molecule has 0 radical (unpaired) electrons. The molecule has 0 aliphatic heterocycles. The SMILES string of the molecule is CCCC(=N)C1=C(O)[C@H](C(=O)OC)C(C)(C)CC1=O. The summed E-state index contributed by atoms with van der Waals surface area (Å²) in [4.78, 5) is 23.9. The molecule has 5 heteroatoms. The van der Waals surface area contributed by atoms with Gasteiger partial charge in [-0.05, 0) is 11.8 Å². The van der Waals surface area contributed by atoms with Gasteiger partial charge in [0.1, 0.15) is 11.7 Å². The monoisotopic (exact) mass is 267 g/mol. The molecule has 0 aromatic heterocycles. The first-order valence-corrected chi connectivity index (χ1v) is 6.38. The van der Waals surface area contributed by atoms with E-state index in [1.165, 1.54) is 7.11 Å². The zero-order chi connectivity index (χ0) is 14.8. The van der Waals surface area contributed by atoms with Gasteiger partial charge < -0.3 is 15.3 Å². The summed E-state index contributed by atoms with van der Waals surface area (Å²) in [5.41, 5.74) is -0.615. The Morgan fingerprint density at radius 2 is 2.11 bits per heavy atom. The van der Waals surface area contributed by atoms with Gasteiger partial charge in [-0.1, -0.05) is 27.2 Å². The van der Waals surface area contributed by atoms with Crippen LogP contribution in [0.15, 0.2) is 11.3 Å². The Labute approximate surface area is 113 Å². The number of hydrogen-bond donors (Lipinski definition) is 2. The van der Waals surface area contributed by atoms with Gasteiger partial charge in [0.15, 0.2) is 5.78 Å². The summed E-state index contributed by atoms with van der Waals surface area (Å²) in [5.74, 6) is -2.05. The van der Waals surface area contributed by atoms with Crippen molar-refractivity contribution in [2.24, 2.45) is 11.3 Å². The van der Waals surface area contributed by atoms with Crippen LogP contribution in [0.1, 0.15) is 40.0 Å². The average Bonchev–Trinajstić information content (AvgIpc) is 2.26. The van der Waals surface area contributed by atoms with Gasteiger partial charge in [-0.2, -0.15) is 0 Å². The van der Waals surface area contributed by atoms with Crippen LogP contribution in [-0.4, -0.2) is 29.7 Å². The lowest BCUT2D eigenvalue weighted by molar-refractivity contribution is -0.150. The van der Waals surface area contributed by atoms with Crippen LogP contribution < -0.4 is 0 Å². The molecule has 1 atom stereocenters.